The summed E-state index contributed by atoms with van der Waals surface area (Å²) in [7, 11) is 2.06. The van der Waals surface area contributed by atoms with Crippen molar-refractivity contribution in [3.8, 4) is 0 Å². The summed E-state index contributed by atoms with van der Waals surface area (Å²) in [5.74, 6) is 0. The second kappa shape index (κ2) is 5.32. The number of aromatic nitrogens is 1. The van der Waals surface area contributed by atoms with Crippen LogP contribution in [0.4, 0.5) is 5.69 Å². The van der Waals surface area contributed by atoms with E-state index in [1.54, 1.807) is 12.4 Å². The van der Waals surface area contributed by atoms with E-state index in [0.717, 1.165) is 23.1 Å². The van der Waals surface area contributed by atoms with E-state index in [4.69, 9.17) is 5.73 Å². The average Bonchev–Trinajstić information content (AvgIpc) is 2.15. The number of hydrogen-bond acceptors (Lipinski definition) is 3. The molecule has 1 aromatic rings. The van der Waals surface area contributed by atoms with Crippen LogP contribution in [0.25, 0.3) is 0 Å². The van der Waals surface area contributed by atoms with Crippen LogP contribution < -0.4 is 10.6 Å². The first-order valence-corrected chi connectivity index (χ1v) is 5.47. The Hall–Kier alpha value is -0.610. The van der Waals surface area contributed by atoms with Crippen LogP contribution in [0.15, 0.2) is 22.9 Å². The lowest BCUT2D eigenvalue weighted by Gasteiger charge is -2.21. The van der Waals surface area contributed by atoms with Crippen molar-refractivity contribution >= 4 is 21.6 Å². The highest BCUT2D eigenvalue weighted by Gasteiger charge is 2.05. The van der Waals surface area contributed by atoms with Gasteiger partial charge in [-0.05, 0) is 35.3 Å². The number of rotatable bonds is 4. The summed E-state index contributed by atoms with van der Waals surface area (Å²) >= 11 is 3.47. The summed E-state index contributed by atoms with van der Waals surface area (Å²) in [4.78, 5) is 6.20. The highest BCUT2D eigenvalue weighted by atomic mass is 79.9. The third kappa shape index (κ3) is 3.27. The van der Waals surface area contributed by atoms with Crippen LogP contribution in [0.3, 0.4) is 0 Å². The van der Waals surface area contributed by atoms with Crippen molar-refractivity contribution in [2.75, 3.05) is 18.5 Å². The maximum absolute atomic E-state index is 5.71. The van der Waals surface area contributed by atoms with Crippen LogP contribution in [0, 0.1) is 0 Å². The molecular formula is C10H16BrN3. The smallest absolute Gasteiger partial charge is 0.0592 e. The Morgan fingerprint density at radius 2 is 2.36 bits per heavy atom. The minimum absolute atomic E-state index is 0.248. The van der Waals surface area contributed by atoms with Gasteiger partial charge in [0.2, 0.25) is 0 Å². The number of pyridine rings is 1. The Morgan fingerprint density at radius 1 is 1.64 bits per heavy atom. The number of nitrogens with two attached hydrogens (primary N) is 1. The first kappa shape index (κ1) is 11.5. The molecule has 1 aromatic heterocycles. The molecule has 0 fully saturated rings. The zero-order valence-corrected chi connectivity index (χ0v) is 10.2. The first-order valence-electron chi connectivity index (χ1n) is 4.67. The molecule has 0 aliphatic heterocycles. The molecule has 0 radical (unpaired) electrons. The molecule has 0 bridgehead atoms. The summed E-state index contributed by atoms with van der Waals surface area (Å²) in [6, 6.07) is 2.24. The summed E-state index contributed by atoms with van der Waals surface area (Å²) in [5, 5.41) is 0. The fourth-order valence-electron chi connectivity index (χ4n) is 1.20. The second-order valence-electron chi connectivity index (χ2n) is 3.51. The molecule has 1 unspecified atom stereocenters. The predicted octanol–water partition coefficient (Wildman–Crippen LogP) is 2.02. The van der Waals surface area contributed by atoms with Crippen LogP contribution in [-0.4, -0.2) is 24.6 Å². The van der Waals surface area contributed by atoms with E-state index < -0.39 is 0 Å². The topological polar surface area (TPSA) is 42.1 Å². The first-order chi connectivity index (χ1) is 6.61. The minimum Gasteiger partial charge on any atom is -0.374 e. The van der Waals surface area contributed by atoms with Gasteiger partial charge in [0.15, 0.2) is 0 Å². The van der Waals surface area contributed by atoms with Gasteiger partial charge in [0.25, 0.3) is 0 Å². The van der Waals surface area contributed by atoms with Crippen molar-refractivity contribution < 1.29 is 0 Å². The van der Waals surface area contributed by atoms with Crippen LogP contribution in [0.2, 0.25) is 0 Å². The number of nitrogens with zero attached hydrogens (tertiary/aromatic N) is 2. The van der Waals surface area contributed by atoms with Gasteiger partial charge in [-0.25, -0.2) is 0 Å². The molecule has 3 nitrogen and oxygen atoms in total. The zero-order chi connectivity index (χ0) is 10.6. The molecule has 78 valence electrons. The number of hydrogen-bond donors (Lipinski definition) is 1. The molecule has 1 heterocycles. The van der Waals surface area contributed by atoms with Gasteiger partial charge in [0.1, 0.15) is 0 Å². The van der Waals surface area contributed by atoms with Gasteiger partial charge in [-0.2, -0.15) is 0 Å². The van der Waals surface area contributed by atoms with Gasteiger partial charge < -0.3 is 10.6 Å². The normalized spacial score (nSPS) is 12.6. The zero-order valence-electron chi connectivity index (χ0n) is 8.57. The van der Waals surface area contributed by atoms with Crippen LogP contribution >= 0.6 is 15.9 Å². The van der Waals surface area contributed by atoms with E-state index in [1.807, 2.05) is 13.0 Å². The lowest BCUT2D eigenvalue weighted by Crippen LogP contribution is -2.26. The standard InChI is InChI=1S/C10H16BrN3/c1-8(12)4-6-14(2)10-3-5-13-7-9(10)11/h3,5,7-8H,4,6,12H2,1-2H3. The van der Waals surface area contributed by atoms with E-state index in [1.165, 1.54) is 0 Å². The molecule has 0 spiro atoms. The van der Waals surface area contributed by atoms with Crippen molar-refractivity contribution in [1.82, 2.24) is 4.98 Å². The van der Waals surface area contributed by atoms with Gasteiger partial charge in [0, 0.05) is 32.0 Å². The van der Waals surface area contributed by atoms with Gasteiger partial charge in [0.05, 0.1) is 10.2 Å². The molecule has 2 N–H and O–H groups in total. The monoisotopic (exact) mass is 257 g/mol. The van der Waals surface area contributed by atoms with E-state index >= 15 is 0 Å². The third-order valence-electron chi connectivity index (χ3n) is 2.08. The molecule has 0 saturated carbocycles. The minimum atomic E-state index is 0.248. The second-order valence-corrected chi connectivity index (χ2v) is 4.37. The van der Waals surface area contributed by atoms with Crippen molar-refractivity contribution in [3.63, 3.8) is 0 Å². The van der Waals surface area contributed by atoms with E-state index in [-0.39, 0.29) is 6.04 Å². The molecule has 0 aliphatic rings. The Morgan fingerprint density at radius 3 is 2.93 bits per heavy atom. The molecule has 0 aromatic carbocycles. The van der Waals surface area contributed by atoms with Crippen molar-refractivity contribution in [2.24, 2.45) is 5.73 Å². The molecule has 4 heteroatoms. The molecule has 0 aliphatic carbocycles. The lowest BCUT2D eigenvalue weighted by molar-refractivity contribution is 0.658. The SMILES string of the molecule is CC(N)CCN(C)c1ccncc1Br. The summed E-state index contributed by atoms with van der Waals surface area (Å²) in [6.45, 7) is 2.98. The molecule has 0 amide bonds. The van der Waals surface area contributed by atoms with Crippen molar-refractivity contribution in [2.45, 2.75) is 19.4 Å². The third-order valence-corrected chi connectivity index (χ3v) is 2.69. The van der Waals surface area contributed by atoms with Gasteiger partial charge >= 0.3 is 0 Å². The van der Waals surface area contributed by atoms with Crippen molar-refractivity contribution in [3.05, 3.63) is 22.9 Å². The molecule has 14 heavy (non-hydrogen) atoms. The van der Waals surface area contributed by atoms with E-state index in [9.17, 15) is 0 Å². The Bertz CT molecular complexity index is 288. The fraction of sp³-hybridized carbons (Fsp3) is 0.500. The Balaban J connectivity index is 2.60. The van der Waals surface area contributed by atoms with Crippen LogP contribution in [-0.2, 0) is 0 Å². The van der Waals surface area contributed by atoms with Gasteiger partial charge in [-0.3, -0.25) is 4.98 Å². The predicted molar refractivity (Wildman–Crippen MR) is 63.5 cm³/mol. The summed E-state index contributed by atoms with van der Waals surface area (Å²) in [5.41, 5.74) is 6.86. The van der Waals surface area contributed by atoms with Gasteiger partial charge in [-0.1, -0.05) is 0 Å². The fourth-order valence-corrected chi connectivity index (χ4v) is 1.75. The van der Waals surface area contributed by atoms with Gasteiger partial charge in [-0.15, -0.1) is 0 Å². The highest BCUT2D eigenvalue weighted by Crippen LogP contribution is 2.23. The molecular weight excluding hydrogens is 242 g/mol. The largest absolute Gasteiger partial charge is 0.374 e. The van der Waals surface area contributed by atoms with Crippen LogP contribution in [0.1, 0.15) is 13.3 Å². The molecule has 1 atom stereocenters. The summed E-state index contributed by atoms with van der Waals surface area (Å²) in [6.07, 6.45) is 4.59. The number of anilines is 1. The van der Waals surface area contributed by atoms with E-state index in [0.29, 0.717) is 0 Å². The molecule has 1 rings (SSSR count). The van der Waals surface area contributed by atoms with E-state index in [2.05, 4.69) is 32.9 Å². The van der Waals surface area contributed by atoms with Crippen molar-refractivity contribution in [1.29, 1.82) is 0 Å². The maximum Gasteiger partial charge on any atom is 0.0592 e. The lowest BCUT2D eigenvalue weighted by atomic mass is 10.2. The Labute approximate surface area is 93.4 Å². The maximum atomic E-state index is 5.71. The summed E-state index contributed by atoms with van der Waals surface area (Å²) < 4.78 is 1.02. The number of halogens is 1. The quantitative estimate of drug-likeness (QED) is 0.898. The molecule has 0 saturated heterocycles. The highest BCUT2D eigenvalue weighted by molar-refractivity contribution is 9.10. The van der Waals surface area contributed by atoms with Crippen LogP contribution in [0.5, 0.6) is 0 Å². The average molecular weight is 258 g/mol. The Kier molecular flexibility index (Phi) is 4.35.